The van der Waals surface area contributed by atoms with Crippen LogP contribution in [0.2, 0.25) is 0 Å². The van der Waals surface area contributed by atoms with Gasteiger partial charge in [0.05, 0.1) is 11.4 Å². The molecule has 27 heavy (non-hydrogen) atoms. The average molecular weight is 385 g/mol. The van der Waals surface area contributed by atoms with Crippen LogP contribution in [0.5, 0.6) is 0 Å². The maximum Gasteiger partial charge on any atom is 0.0590 e. The van der Waals surface area contributed by atoms with Crippen LogP contribution >= 0.6 is 11.9 Å². The molecule has 4 nitrogen and oxygen atoms in total. The Balaban J connectivity index is 1.71. The molecule has 1 fully saturated rings. The highest BCUT2D eigenvalue weighted by molar-refractivity contribution is 7.97. The fraction of sp³-hybridized carbons (Fsp3) is 0.500. The van der Waals surface area contributed by atoms with Crippen molar-refractivity contribution in [2.24, 2.45) is 0 Å². The molecule has 146 valence electrons. The van der Waals surface area contributed by atoms with E-state index in [1.54, 1.807) is 11.9 Å². The third-order valence-corrected chi connectivity index (χ3v) is 5.95. The van der Waals surface area contributed by atoms with Crippen molar-refractivity contribution in [3.05, 3.63) is 48.3 Å². The second-order valence-electron chi connectivity index (χ2n) is 7.20. The zero-order chi connectivity index (χ0) is 18.7. The Morgan fingerprint density at radius 3 is 2.44 bits per heavy atom. The van der Waals surface area contributed by atoms with Crippen molar-refractivity contribution in [1.82, 2.24) is 9.71 Å². The van der Waals surface area contributed by atoms with Gasteiger partial charge in [-0.05, 0) is 60.7 Å². The molecule has 1 aliphatic carbocycles. The van der Waals surface area contributed by atoms with Crippen LogP contribution in [0.1, 0.15) is 57.4 Å². The minimum atomic E-state index is 0.582. The summed E-state index contributed by atoms with van der Waals surface area (Å²) in [6.45, 7) is 3.88. The van der Waals surface area contributed by atoms with Gasteiger partial charge in [-0.1, -0.05) is 39.0 Å². The van der Waals surface area contributed by atoms with Crippen molar-refractivity contribution < 1.29 is 0 Å². The Labute approximate surface area is 168 Å². The molecular formula is C22H32N4S. The van der Waals surface area contributed by atoms with Crippen LogP contribution in [0.25, 0.3) is 0 Å². The maximum absolute atomic E-state index is 4.11. The van der Waals surface area contributed by atoms with Crippen LogP contribution in [0, 0.1) is 0 Å². The van der Waals surface area contributed by atoms with Gasteiger partial charge >= 0.3 is 0 Å². The Hall–Kier alpha value is -1.72. The third-order valence-electron chi connectivity index (χ3n) is 5.02. The van der Waals surface area contributed by atoms with Gasteiger partial charge in [0.15, 0.2) is 0 Å². The lowest BCUT2D eigenvalue weighted by Gasteiger charge is -2.24. The van der Waals surface area contributed by atoms with Gasteiger partial charge in [-0.3, -0.25) is 9.71 Å². The van der Waals surface area contributed by atoms with Crippen LogP contribution < -0.4 is 15.4 Å². The molecule has 1 aromatic carbocycles. The second-order valence-corrected chi connectivity index (χ2v) is 8.17. The first-order chi connectivity index (χ1) is 13.3. The van der Waals surface area contributed by atoms with Gasteiger partial charge in [0.25, 0.3) is 0 Å². The first kappa shape index (κ1) is 20.0. The first-order valence-electron chi connectivity index (χ1n) is 10.3. The van der Waals surface area contributed by atoms with Gasteiger partial charge in [-0.25, -0.2) is 0 Å². The number of rotatable bonds is 8. The van der Waals surface area contributed by atoms with Crippen molar-refractivity contribution in [3.8, 4) is 0 Å². The molecule has 0 bridgehead atoms. The molecule has 0 aliphatic heterocycles. The molecule has 1 aliphatic rings. The van der Waals surface area contributed by atoms with E-state index >= 15 is 0 Å². The van der Waals surface area contributed by atoms with Crippen LogP contribution in [-0.2, 0) is 6.54 Å². The average Bonchev–Trinajstić information content (AvgIpc) is 2.68. The normalized spacial score (nSPS) is 15.7. The molecule has 0 amide bonds. The summed E-state index contributed by atoms with van der Waals surface area (Å²) in [5.74, 6) is 0. The zero-order valence-corrected chi connectivity index (χ0v) is 17.2. The monoisotopic (exact) mass is 384 g/mol. The Morgan fingerprint density at radius 2 is 1.70 bits per heavy atom. The maximum atomic E-state index is 4.11. The van der Waals surface area contributed by atoms with Gasteiger partial charge in [0.2, 0.25) is 0 Å². The molecule has 5 heteroatoms. The Bertz CT molecular complexity index is 669. The lowest BCUT2D eigenvalue weighted by molar-refractivity contribution is 0.471. The third kappa shape index (κ3) is 6.74. The number of pyridine rings is 1. The van der Waals surface area contributed by atoms with Crippen molar-refractivity contribution in [2.45, 2.75) is 69.4 Å². The van der Waals surface area contributed by atoms with E-state index in [2.05, 4.69) is 57.6 Å². The molecule has 0 atom stereocenters. The highest BCUT2D eigenvalue weighted by atomic mass is 32.2. The summed E-state index contributed by atoms with van der Waals surface area (Å²) in [5, 5.41) is 7.46. The van der Waals surface area contributed by atoms with Gasteiger partial charge in [0, 0.05) is 36.4 Å². The molecule has 1 heterocycles. The van der Waals surface area contributed by atoms with Crippen LogP contribution in [0.3, 0.4) is 0 Å². The topological polar surface area (TPSA) is 49.0 Å². The fourth-order valence-corrected chi connectivity index (χ4v) is 4.16. The summed E-state index contributed by atoms with van der Waals surface area (Å²) in [7, 11) is 0. The number of aromatic nitrogens is 1. The van der Waals surface area contributed by atoms with Crippen molar-refractivity contribution >= 4 is 23.3 Å². The molecule has 3 N–H and O–H groups in total. The van der Waals surface area contributed by atoms with Gasteiger partial charge < -0.3 is 10.6 Å². The van der Waals surface area contributed by atoms with E-state index in [4.69, 9.17) is 0 Å². The lowest BCUT2D eigenvalue weighted by atomic mass is 9.96. The Morgan fingerprint density at radius 1 is 0.963 bits per heavy atom. The first-order valence-corrected chi connectivity index (χ1v) is 11.1. The van der Waals surface area contributed by atoms with Crippen molar-refractivity contribution in [3.63, 3.8) is 0 Å². The Kier molecular flexibility index (Phi) is 8.31. The van der Waals surface area contributed by atoms with E-state index in [1.165, 1.54) is 66.8 Å². The van der Waals surface area contributed by atoms with Crippen LogP contribution in [-0.4, -0.2) is 17.6 Å². The molecule has 0 unspecified atom stereocenters. The largest absolute Gasteiger partial charge is 0.381 e. The van der Waals surface area contributed by atoms with E-state index in [9.17, 15) is 0 Å². The van der Waals surface area contributed by atoms with Gasteiger partial charge in [-0.2, -0.15) is 0 Å². The number of hydrogen-bond acceptors (Lipinski definition) is 5. The number of nitrogens with one attached hydrogen (secondary N) is 3. The molecule has 1 saturated carbocycles. The molecule has 3 rings (SSSR count). The van der Waals surface area contributed by atoms with Crippen LogP contribution in [0.15, 0.2) is 47.6 Å². The van der Waals surface area contributed by atoms with Crippen LogP contribution in [0.4, 0.5) is 11.4 Å². The zero-order valence-electron chi connectivity index (χ0n) is 16.3. The summed E-state index contributed by atoms with van der Waals surface area (Å²) >= 11 is 1.69. The highest BCUT2D eigenvalue weighted by Gasteiger charge is 2.13. The number of anilines is 2. The lowest BCUT2D eigenvalue weighted by Crippen LogP contribution is -2.21. The number of benzene rings is 1. The van der Waals surface area contributed by atoms with E-state index in [0.717, 1.165) is 13.1 Å². The summed E-state index contributed by atoms with van der Waals surface area (Å²) < 4.78 is 3.34. The summed E-state index contributed by atoms with van der Waals surface area (Å²) in [6, 6.07) is 11.4. The highest BCUT2D eigenvalue weighted by Crippen LogP contribution is 2.30. The minimum absolute atomic E-state index is 0.582. The van der Waals surface area contributed by atoms with E-state index in [0.29, 0.717) is 6.04 Å². The quantitative estimate of drug-likeness (QED) is 0.500. The number of nitrogens with zero attached hydrogens (tertiary/aromatic N) is 1. The predicted octanol–water partition coefficient (Wildman–Crippen LogP) is 5.84. The van der Waals surface area contributed by atoms with Crippen molar-refractivity contribution in [1.29, 1.82) is 0 Å². The molecule has 0 spiro atoms. The molecule has 2 aromatic rings. The summed E-state index contributed by atoms with van der Waals surface area (Å²) in [6.07, 6.45) is 13.1. The molecular weight excluding hydrogens is 352 g/mol. The number of hydrogen-bond donors (Lipinski definition) is 3. The summed E-state index contributed by atoms with van der Waals surface area (Å²) in [4.78, 5) is 5.34. The summed E-state index contributed by atoms with van der Waals surface area (Å²) in [5.41, 5.74) is 3.64. The standard InChI is InChI=1S/C22H32N4S/c1-2-25-27-20-10-11-21(26-19-8-6-4-3-5-7-9-19)22(16-20)24-17-18-12-14-23-15-13-18/h10-16,19,24-26H,2-9,17H2,1H3. The van der Waals surface area contributed by atoms with Gasteiger partial charge in [0.1, 0.15) is 0 Å². The van der Waals surface area contributed by atoms with Crippen molar-refractivity contribution in [2.75, 3.05) is 17.2 Å². The fourth-order valence-electron chi connectivity index (χ4n) is 3.53. The molecule has 0 saturated heterocycles. The molecule has 0 radical (unpaired) electrons. The smallest absolute Gasteiger partial charge is 0.0590 e. The SMILES string of the molecule is CCNSc1ccc(NC2CCCCCCC2)c(NCc2ccncc2)c1. The predicted molar refractivity (Wildman–Crippen MR) is 117 cm³/mol. The molecule has 1 aromatic heterocycles. The van der Waals surface area contributed by atoms with E-state index < -0.39 is 0 Å². The van der Waals surface area contributed by atoms with E-state index in [-0.39, 0.29) is 0 Å². The van der Waals surface area contributed by atoms with Gasteiger partial charge in [-0.15, -0.1) is 0 Å². The van der Waals surface area contributed by atoms with E-state index in [1.807, 2.05) is 12.4 Å². The minimum Gasteiger partial charge on any atom is -0.381 e. The second kappa shape index (κ2) is 11.2.